The molecule has 0 spiro atoms. The normalized spacial score (nSPS) is 10.1. The van der Waals surface area contributed by atoms with E-state index in [1.807, 2.05) is 0 Å². The third-order valence-corrected chi connectivity index (χ3v) is 2.10. The molecule has 18 heavy (non-hydrogen) atoms. The number of aromatic nitrogens is 1. The Morgan fingerprint density at radius 2 is 2.22 bits per heavy atom. The van der Waals surface area contributed by atoms with E-state index in [2.05, 4.69) is 10.3 Å². The van der Waals surface area contributed by atoms with E-state index in [4.69, 9.17) is 14.9 Å². The quantitative estimate of drug-likeness (QED) is 0.640. The molecule has 1 aromatic rings. The molecule has 98 valence electrons. The molecule has 0 fully saturated rings. The number of rotatable bonds is 6. The van der Waals surface area contributed by atoms with Crippen LogP contribution in [0.1, 0.15) is 26.4 Å². The van der Waals surface area contributed by atoms with Gasteiger partial charge in [-0.25, -0.2) is 9.78 Å². The number of aliphatic hydroxyl groups is 1. The van der Waals surface area contributed by atoms with E-state index in [0.29, 0.717) is 5.56 Å². The number of aromatic carboxylic acids is 1. The SMILES string of the molecule is COCc1cnc(C(=O)NCCO)c(C(=O)O)c1. The van der Waals surface area contributed by atoms with Crippen molar-refractivity contribution >= 4 is 11.9 Å². The molecular weight excluding hydrogens is 240 g/mol. The van der Waals surface area contributed by atoms with Crippen molar-refractivity contribution in [2.45, 2.75) is 6.61 Å². The van der Waals surface area contributed by atoms with Gasteiger partial charge in [0.2, 0.25) is 0 Å². The summed E-state index contributed by atoms with van der Waals surface area (Å²) in [6.45, 7) is 0.0289. The second-order valence-electron chi connectivity index (χ2n) is 3.46. The van der Waals surface area contributed by atoms with Gasteiger partial charge in [0.15, 0.2) is 0 Å². The van der Waals surface area contributed by atoms with E-state index >= 15 is 0 Å². The number of methoxy groups -OCH3 is 1. The summed E-state index contributed by atoms with van der Waals surface area (Å²) in [5.41, 5.74) is 0.185. The van der Waals surface area contributed by atoms with Gasteiger partial charge in [-0.05, 0) is 11.6 Å². The van der Waals surface area contributed by atoms with E-state index in [9.17, 15) is 9.59 Å². The average molecular weight is 254 g/mol. The summed E-state index contributed by atoms with van der Waals surface area (Å²) in [4.78, 5) is 26.5. The Labute approximate surface area is 103 Å². The minimum Gasteiger partial charge on any atom is -0.478 e. The molecule has 7 nitrogen and oxygen atoms in total. The summed E-state index contributed by atoms with van der Waals surface area (Å²) >= 11 is 0. The molecule has 0 unspecified atom stereocenters. The van der Waals surface area contributed by atoms with Crippen LogP contribution < -0.4 is 5.32 Å². The summed E-state index contributed by atoms with van der Waals surface area (Å²) in [6, 6.07) is 1.34. The van der Waals surface area contributed by atoms with Gasteiger partial charge in [-0.1, -0.05) is 0 Å². The minimum absolute atomic E-state index is 0.0411. The molecule has 0 aliphatic heterocycles. The monoisotopic (exact) mass is 254 g/mol. The Bertz CT molecular complexity index is 447. The molecule has 0 aromatic carbocycles. The zero-order valence-corrected chi connectivity index (χ0v) is 9.84. The lowest BCUT2D eigenvalue weighted by molar-refractivity contribution is 0.0689. The average Bonchev–Trinajstić information content (AvgIpc) is 2.36. The molecule has 0 aliphatic carbocycles. The molecule has 0 bridgehead atoms. The smallest absolute Gasteiger partial charge is 0.338 e. The number of carboxylic acids is 1. The van der Waals surface area contributed by atoms with Gasteiger partial charge >= 0.3 is 5.97 Å². The summed E-state index contributed by atoms with van der Waals surface area (Å²) in [6.07, 6.45) is 1.38. The second-order valence-corrected chi connectivity index (χ2v) is 3.46. The molecule has 0 saturated heterocycles. The predicted octanol–water partition coefficient (Wildman–Crippen LogP) is -0.352. The number of aliphatic hydroxyl groups excluding tert-OH is 1. The fourth-order valence-electron chi connectivity index (χ4n) is 1.35. The molecule has 7 heteroatoms. The van der Waals surface area contributed by atoms with Crippen molar-refractivity contribution in [1.29, 1.82) is 0 Å². The molecule has 0 atom stereocenters. The number of amides is 1. The molecule has 0 radical (unpaired) electrons. The Hall–Kier alpha value is -1.99. The third kappa shape index (κ3) is 3.51. The second kappa shape index (κ2) is 6.67. The zero-order chi connectivity index (χ0) is 13.5. The van der Waals surface area contributed by atoms with Crippen molar-refractivity contribution in [3.8, 4) is 0 Å². The van der Waals surface area contributed by atoms with Crippen molar-refractivity contribution < 1.29 is 24.5 Å². The van der Waals surface area contributed by atoms with Crippen LogP contribution in [-0.4, -0.2) is 47.3 Å². The maximum atomic E-state index is 11.6. The van der Waals surface area contributed by atoms with Crippen LogP contribution in [0.5, 0.6) is 0 Å². The van der Waals surface area contributed by atoms with Crippen LogP contribution in [0, 0.1) is 0 Å². The van der Waals surface area contributed by atoms with E-state index in [1.165, 1.54) is 19.4 Å². The number of nitrogens with one attached hydrogen (secondary N) is 1. The predicted molar refractivity (Wildman–Crippen MR) is 61.3 cm³/mol. The van der Waals surface area contributed by atoms with Gasteiger partial charge in [-0.15, -0.1) is 0 Å². The fraction of sp³-hybridized carbons (Fsp3) is 0.364. The van der Waals surface area contributed by atoms with E-state index < -0.39 is 11.9 Å². The molecule has 1 rings (SSSR count). The van der Waals surface area contributed by atoms with Gasteiger partial charge in [-0.2, -0.15) is 0 Å². The van der Waals surface area contributed by atoms with Crippen LogP contribution in [-0.2, 0) is 11.3 Å². The number of carboxylic acid groups (broad SMARTS) is 1. The van der Waals surface area contributed by atoms with Gasteiger partial charge in [-0.3, -0.25) is 4.79 Å². The molecular formula is C11H14N2O5. The molecule has 1 amide bonds. The first-order chi connectivity index (χ1) is 8.60. The Morgan fingerprint density at radius 3 is 2.78 bits per heavy atom. The highest BCUT2D eigenvalue weighted by molar-refractivity contribution is 6.03. The van der Waals surface area contributed by atoms with E-state index in [-0.39, 0.29) is 31.0 Å². The Morgan fingerprint density at radius 1 is 1.50 bits per heavy atom. The standard InChI is InChI=1S/C11H14N2O5/c1-18-6-7-4-8(11(16)17)9(13-5-7)10(15)12-2-3-14/h4-5,14H,2-3,6H2,1H3,(H,12,15)(H,16,17). The Balaban J connectivity index is 3.03. The number of carbonyl (C=O) groups is 2. The Kier molecular flexibility index (Phi) is 5.22. The van der Waals surface area contributed by atoms with Crippen LogP contribution >= 0.6 is 0 Å². The highest BCUT2D eigenvalue weighted by Crippen LogP contribution is 2.10. The van der Waals surface area contributed by atoms with Crippen molar-refractivity contribution in [2.75, 3.05) is 20.3 Å². The maximum absolute atomic E-state index is 11.6. The van der Waals surface area contributed by atoms with Gasteiger partial charge < -0.3 is 20.3 Å². The maximum Gasteiger partial charge on any atom is 0.338 e. The van der Waals surface area contributed by atoms with E-state index in [0.717, 1.165) is 0 Å². The van der Waals surface area contributed by atoms with Crippen LogP contribution in [0.2, 0.25) is 0 Å². The lowest BCUT2D eigenvalue weighted by Gasteiger charge is -2.07. The topological polar surface area (TPSA) is 109 Å². The number of nitrogens with zero attached hydrogens (tertiary/aromatic N) is 1. The highest BCUT2D eigenvalue weighted by atomic mass is 16.5. The summed E-state index contributed by atoms with van der Waals surface area (Å²) in [5.74, 6) is -1.87. The molecule has 1 heterocycles. The first-order valence-corrected chi connectivity index (χ1v) is 5.20. The molecule has 0 aliphatic rings. The van der Waals surface area contributed by atoms with Crippen LogP contribution in [0.25, 0.3) is 0 Å². The van der Waals surface area contributed by atoms with Crippen molar-refractivity contribution in [1.82, 2.24) is 10.3 Å². The zero-order valence-electron chi connectivity index (χ0n) is 9.84. The van der Waals surface area contributed by atoms with Gasteiger partial charge in [0.1, 0.15) is 5.69 Å². The van der Waals surface area contributed by atoms with Crippen molar-refractivity contribution in [2.24, 2.45) is 0 Å². The van der Waals surface area contributed by atoms with Crippen LogP contribution in [0.15, 0.2) is 12.3 Å². The third-order valence-electron chi connectivity index (χ3n) is 2.10. The fourth-order valence-corrected chi connectivity index (χ4v) is 1.35. The molecule has 1 aromatic heterocycles. The van der Waals surface area contributed by atoms with Crippen molar-refractivity contribution in [3.63, 3.8) is 0 Å². The number of carbonyl (C=O) groups excluding carboxylic acids is 1. The number of hydrogen-bond donors (Lipinski definition) is 3. The van der Waals surface area contributed by atoms with Crippen LogP contribution in [0.4, 0.5) is 0 Å². The van der Waals surface area contributed by atoms with Crippen molar-refractivity contribution in [3.05, 3.63) is 29.1 Å². The number of ether oxygens (including phenoxy) is 1. The van der Waals surface area contributed by atoms with Gasteiger partial charge in [0.25, 0.3) is 5.91 Å². The van der Waals surface area contributed by atoms with Crippen LogP contribution in [0.3, 0.4) is 0 Å². The lowest BCUT2D eigenvalue weighted by atomic mass is 10.1. The lowest BCUT2D eigenvalue weighted by Crippen LogP contribution is -2.29. The first kappa shape index (κ1) is 14.1. The molecule has 0 saturated carbocycles. The summed E-state index contributed by atoms with van der Waals surface area (Å²) in [7, 11) is 1.47. The minimum atomic E-state index is -1.24. The highest BCUT2D eigenvalue weighted by Gasteiger charge is 2.18. The summed E-state index contributed by atoms with van der Waals surface area (Å²) in [5, 5.41) is 20.0. The largest absolute Gasteiger partial charge is 0.478 e. The summed E-state index contributed by atoms with van der Waals surface area (Å²) < 4.78 is 4.86. The number of pyridine rings is 1. The van der Waals surface area contributed by atoms with Gasteiger partial charge in [0.05, 0.1) is 18.8 Å². The van der Waals surface area contributed by atoms with Gasteiger partial charge in [0, 0.05) is 19.9 Å². The molecule has 3 N–H and O–H groups in total. The number of hydrogen-bond acceptors (Lipinski definition) is 5. The van der Waals surface area contributed by atoms with E-state index in [1.54, 1.807) is 0 Å². The first-order valence-electron chi connectivity index (χ1n) is 5.20.